The highest BCUT2D eigenvalue weighted by Gasteiger charge is 2.03. The second-order valence-corrected chi connectivity index (χ2v) is 4.12. The SMILES string of the molecule is C/C(CC(C)C)=N/NC(=O)c1ccncc1. The van der Waals surface area contributed by atoms with Crippen molar-refractivity contribution in [3.05, 3.63) is 30.1 Å². The average molecular weight is 219 g/mol. The van der Waals surface area contributed by atoms with Crippen molar-refractivity contribution in [2.24, 2.45) is 11.0 Å². The van der Waals surface area contributed by atoms with Crippen LogP contribution in [0.2, 0.25) is 0 Å². The number of hydrogen-bond acceptors (Lipinski definition) is 3. The van der Waals surface area contributed by atoms with Crippen LogP contribution < -0.4 is 5.43 Å². The smallest absolute Gasteiger partial charge is 0.267 e. The normalized spacial score (nSPS) is 11.6. The predicted molar refractivity (Wildman–Crippen MR) is 64.3 cm³/mol. The third-order valence-corrected chi connectivity index (χ3v) is 1.99. The second-order valence-electron chi connectivity index (χ2n) is 4.12. The minimum atomic E-state index is -0.203. The van der Waals surface area contributed by atoms with Crippen molar-refractivity contribution in [2.45, 2.75) is 27.2 Å². The van der Waals surface area contributed by atoms with E-state index in [1.807, 2.05) is 6.92 Å². The van der Waals surface area contributed by atoms with E-state index in [4.69, 9.17) is 0 Å². The summed E-state index contributed by atoms with van der Waals surface area (Å²) in [4.78, 5) is 15.4. The minimum absolute atomic E-state index is 0.203. The van der Waals surface area contributed by atoms with Crippen molar-refractivity contribution in [3.63, 3.8) is 0 Å². The van der Waals surface area contributed by atoms with Crippen LogP contribution in [0.15, 0.2) is 29.6 Å². The number of pyridine rings is 1. The molecule has 0 aliphatic heterocycles. The maximum atomic E-state index is 11.6. The summed E-state index contributed by atoms with van der Waals surface area (Å²) >= 11 is 0. The molecule has 0 bridgehead atoms. The Morgan fingerprint density at radius 3 is 2.62 bits per heavy atom. The third-order valence-electron chi connectivity index (χ3n) is 1.99. The summed E-state index contributed by atoms with van der Waals surface area (Å²) in [5.74, 6) is 0.340. The number of rotatable bonds is 4. The molecule has 1 N–H and O–H groups in total. The molecule has 0 aliphatic rings. The Balaban J connectivity index is 2.53. The fraction of sp³-hybridized carbons (Fsp3) is 0.417. The van der Waals surface area contributed by atoms with Crippen LogP contribution in [0.3, 0.4) is 0 Å². The molecule has 4 nitrogen and oxygen atoms in total. The lowest BCUT2D eigenvalue weighted by atomic mass is 10.1. The highest BCUT2D eigenvalue weighted by atomic mass is 16.2. The Labute approximate surface area is 95.8 Å². The second kappa shape index (κ2) is 6.00. The van der Waals surface area contributed by atoms with Crippen molar-refractivity contribution < 1.29 is 4.79 Å². The van der Waals surface area contributed by atoms with Gasteiger partial charge in [0, 0.05) is 23.7 Å². The fourth-order valence-corrected chi connectivity index (χ4v) is 1.35. The Hall–Kier alpha value is -1.71. The lowest BCUT2D eigenvalue weighted by Crippen LogP contribution is -2.19. The van der Waals surface area contributed by atoms with Gasteiger partial charge in [-0.2, -0.15) is 5.10 Å². The van der Waals surface area contributed by atoms with E-state index in [9.17, 15) is 4.79 Å². The number of aromatic nitrogens is 1. The molecule has 86 valence electrons. The molecule has 0 unspecified atom stereocenters. The van der Waals surface area contributed by atoms with Crippen LogP contribution >= 0.6 is 0 Å². The highest BCUT2D eigenvalue weighted by Crippen LogP contribution is 2.01. The van der Waals surface area contributed by atoms with Crippen molar-refractivity contribution in [1.82, 2.24) is 10.4 Å². The van der Waals surface area contributed by atoms with Gasteiger partial charge in [0.2, 0.25) is 0 Å². The molecular formula is C12H17N3O. The van der Waals surface area contributed by atoms with E-state index < -0.39 is 0 Å². The molecule has 0 saturated heterocycles. The fourth-order valence-electron chi connectivity index (χ4n) is 1.35. The van der Waals surface area contributed by atoms with Crippen LogP contribution in [0.5, 0.6) is 0 Å². The van der Waals surface area contributed by atoms with Gasteiger partial charge < -0.3 is 0 Å². The van der Waals surface area contributed by atoms with Gasteiger partial charge in [-0.1, -0.05) is 13.8 Å². The Morgan fingerprint density at radius 2 is 2.06 bits per heavy atom. The summed E-state index contributed by atoms with van der Waals surface area (Å²) in [5.41, 5.74) is 4.02. The first-order chi connectivity index (χ1) is 7.59. The summed E-state index contributed by atoms with van der Waals surface area (Å²) in [5, 5.41) is 4.04. The Bertz CT molecular complexity index is 371. The summed E-state index contributed by atoms with van der Waals surface area (Å²) in [6, 6.07) is 3.31. The van der Waals surface area contributed by atoms with E-state index >= 15 is 0 Å². The van der Waals surface area contributed by atoms with Crippen LogP contribution in [0, 0.1) is 5.92 Å². The minimum Gasteiger partial charge on any atom is -0.267 e. The maximum absolute atomic E-state index is 11.6. The molecule has 0 aromatic carbocycles. The molecule has 1 heterocycles. The van der Waals surface area contributed by atoms with Crippen LogP contribution in [0.4, 0.5) is 0 Å². The van der Waals surface area contributed by atoms with E-state index in [1.54, 1.807) is 24.5 Å². The predicted octanol–water partition coefficient (Wildman–Crippen LogP) is 2.23. The van der Waals surface area contributed by atoms with Crippen LogP contribution in [-0.4, -0.2) is 16.6 Å². The van der Waals surface area contributed by atoms with E-state index in [0.717, 1.165) is 12.1 Å². The number of carbonyl (C=O) groups is 1. The highest BCUT2D eigenvalue weighted by molar-refractivity contribution is 5.95. The number of nitrogens with zero attached hydrogens (tertiary/aromatic N) is 2. The molecule has 0 radical (unpaired) electrons. The van der Waals surface area contributed by atoms with Crippen molar-refractivity contribution >= 4 is 11.6 Å². The van der Waals surface area contributed by atoms with E-state index in [-0.39, 0.29) is 5.91 Å². The average Bonchev–Trinajstić information content (AvgIpc) is 2.26. The Kier molecular flexibility index (Phi) is 4.64. The zero-order chi connectivity index (χ0) is 12.0. The topological polar surface area (TPSA) is 54.4 Å². The molecule has 16 heavy (non-hydrogen) atoms. The maximum Gasteiger partial charge on any atom is 0.271 e. The van der Waals surface area contributed by atoms with Gasteiger partial charge in [-0.15, -0.1) is 0 Å². The lowest BCUT2D eigenvalue weighted by Gasteiger charge is -2.04. The summed E-state index contributed by atoms with van der Waals surface area (Å²) in [6.07, 6.45) is 4.05. The zero-order valence-electron chi connectivity index (χ0n) is 9.90. The molecule has 1 aromatic rings. The van der Waals surface area contributed by atoms with Crippen molar-refractivity contribution in [2.75, 3.05) is 0 Å². The molecule has 1 amide bonds. The van der Waals surface area contributed by atoms with Gasteiger partial charge in [-0.25, -0.2) is 5.43 Å². The number of hydrogen-bond donors (Lipinski definition) is 1. The lowest BCUT2D eigenvalue weighted by molar-refractivity contribution is 0.0954. The van der Waals surface area contributed by atoms with E-state index in [1.165, 1.54) is 0 Å². The van der Waals surface area contributed by atoms with Crippen LogP contribution in [-0.2, 0) is 0 Å². The first-order valence-electron chi connectivity index (χ1n) is 5.33. The molecule has 0 atom stereocenters. The van der Waals surface area contributed by atoms with Gasteiger partial charge in [-0.05, 0) is 31.4 Å². The van der Waals surface area contributed by atoms with Gasteiger partial charge in [0.1, 0.15) is 0 Å². The molecule has 4 heteroatoms. The van der Waals surface area contributed by atoms with Crippen LogP contribution in [0.25, 0.3) is 0 Å². The van der Waals surface area contributed by atoms with Crippen LogP contribution in [0.1, 0.15) is 37.6 Å². The third kappa shape index (κ3) is 4.21. The summed E-state index contributed by atoms with van der Waals surface area (Å²) in [6.45, 7) is 6.14. The van der Waals surface area contributed by atoms with E-state index in [2.05, 4.69) is 29.4 Å². The number of nitrogens with one attached hydrogen (secondary N) is 1. The van der Waals surface area contributed by atoms with Gasteiger partial charge in [0.05, 0.1) is 0 Å². The number of amides is 1. The first-order valence-corrected chi connectivity index (χ1v) is 5.33. The summed E-state index contributed by atoms with van der Waals surface area (Å²) < 4.78 is 0. The largest absolute Gasteiger partial charge is 0.271 e. The van der Waals surface area contributed by atoms with Gasteiger partial charge in [-0.3, -0.25) is 9.78 Å². The molecule has 0 fully saturated rings. The van der Waals surface area contributed by atoms with Gasteiger partial charge in [0.25, 0.3) is 5.91 Å². The quantitative estimate of drug-likeness (QED) is 0.623. The monoisotopic (exact) mass is 219 g/mol. The van der Waals surface area contributed by atoms with Gasteiger partial charge >= 0.3 is 0 Å². The Morgan fingerprint density at radius 1 is 1.44 bits per heavy atom. The van der Waals surface area contributed by atoms with E-state index in [0.29, 0.717) is 11.5 Å². The molecule has 0 saturated carbocycles. The zero-order valence-corrected chi connectivity index (χ0v) is 9.90. The number of hydrazone groups is 1. The molecule has 0 spiro atoms. The van der Waals surface area contributed by atoms with Crippen molar-refractivity contribution in [3.8, 4) is 0 Å². The van der Waals surface area contributed by atoms with Gasteiger partial charge in [0.15, 0.2) is 0 Å². The standard InChI is InChI=1S/C12H17N3O/c1-9(2)8-10(3)14-15-12(16)11-4-6-13-7-5-11/h4-7,9H,8H2,1-3H3,(H,15,16)/b14-10-. The van der Waals surface area contributed by atoms with Crippen molar-refractivity contribution in [1.29, 1.82) is 0 Å². The molecule has 1 rings (SSSR count). The molecule has 1 aromatic heterocycles. The molecule has 0 aliphatic carbocycles. The summed E-state index contributed by atoms with van der Waals surface area (Å²) in [7, 11) is 0. The first kappa shape index (κ1) is 12.4. The number of carbonyl (C=O) groups excluding carboxylic acids is 1. The molecular weight excluding hydrogens is 202 g/mol.